The zero-order valence-corrected chi connectivity index (χ0v) is 11.0. The molecule has 6 heteroatoms. The summed E-state index contributed by atoms with van der Waals surface area (Å²) in [5.74, 6) is -1.00. The quantitative estimate of drug-likeness (QED) is 0.850. The van der Waals surface area contributed by atoms with Gasteiger partial charge in [-0.1, -0.05) is 13.8 Å². The highest BCUT2D eigenvalue weighted by atomic mass is 79.9. The third-order valence-electron chi connectivity index (χ3n) is 1.57. The SMILES string of the molecule is CC.COC(=O)Cc1nc(N)c(Br)cc1F. The summed E-state index contributed by atoms with van der Waals surface area (Å²) < 4.78 is 17.9. The molecule has 0 spiro atoms. The first-order valence-electron chi connectivity index (χ1n) is 4.71. The largest absolute Gasteiger partial charge is 0.469 e. The Morgan fingerprint density at radius 1 is 1.62 bits per heavy atom. The summed E-state index contributed by atoms with van der Waals surface area (Å²) in [7, 11) is 1.22. The van der Waals surface area contributed by atoms with E-state index < -0.39 is 11.8 Å². The zero-order chi connectivity index (χ0) is 12.7. The van der Waals surface area contributed by atoms with Gasteiger partial charge < -0.3 is 10.5 Å². The molecule has 1 heterocycles. The van der Waals surface area contributed by atoms with E-state index in [1.165, 1.54) is 13.2 Å². The molecule has 0 aliphatic rings. The summed E-state index contributed by atoms with van der Waals surface area (Å²) in [4.78, 5) is 14.6. The third-order valence-corrected chi connectivity index (χ3v) is 2.20. The lowest BCUT2D eigenvalue weighted by Crippen LogP contribution is -2.09. The molecule has 1 aromatic rings. The first-order valence-corrected chi connectivity index (χ1v) is 5.51. The molecule has 0 saturated heterocycles. The van der Waals surface area contributed by atoms with Crippen LogP contribution in [0.15, 0.2) is 10.5 Å². The van der Waals surface area contributed by atoms with E-state index in [9.17, 15) is 9.18 Å². The number of esters is 1. The number of nitrogen functional groups attached to an aromatic ring is 1. The van der Waals surface area contributed by atoms with E-state index in [0.29, 0.717) is 4.47 Å². The molecular weight excluding hydrogens is 279 g/mol. The fourth-order valence-corrected chi connectivity index (χ4v) is 1.14. The molecule has 1 rings (SSSR count). The highest BCUT2D eigenvalue weighted by Crippen LogP contribution is 2.20. The number of carbonyl (C=O) groups is 1. The normalized spacial score (nSPS) is 9.06. The minimum atomic E-state index is -0.587. The van der Waals surface area contributed by atoms with Crippen LogP contribution < -0.4 is 5.73 Å². The predicted octanol–water partition coefficient (Wildman–Crippen LogP) is 2.31. The van der Waals surface area contributed by atoms with Crippen molar-refractivity contribution in [1.82, 2.24) is 4.98 Å². The lowest BCUT2D eigenvalue weighted by molar-refractivity contribution is -0.139. The summed E-state index contributed by atoms with van der Waals surface area (Å²) in [5, 5.41) is 0. The van der Waals surface area contributed by atoms with Crippen molar-refractivity contribution in [2.24, 2.45) is 0 Å². The van der Waals surface area contributed by atoms with Crippen LogP contribution >= 0.6 is 15.9 Å². The number of rotatable bonds is 2. The molecule has 1 aromatic heterocycles. The van der Waals surface area contributed by atoms with Gasteiger partial charge in [-0.05, 0) is 22.0 Å². The van der Waals surface area contributed by atoms with E-state index in [1.54, 1.807) is 0 Å². The molecule has 0 radical (unpaired) electrons. The van der Waals surface area contributed by atoms with Crippen LogP contribution in [0.2, 0.25) is 0 Å². The lowest BCUT2D eigenvalue weighted by atomic mass is 10.2. The van der Waals surface area contributed by atoms with E-state index in [4.69, 9.17) is 5.73 Å². The summed E-state index contributed by atoms with van der Waals surface area (Å²) in [5.41, 5.74) is 5.41. The summed E-state index contributed by atoms with van der Waals surface area (Å²) in [6, 6.07) is 1.17. The summed E-state index contributed by atoms with van der Waals surface area (Å²) in [6.07, 6.45) is -0.222. The Balaban J connectivity index is 0.00000106. The van der Waals surface area contributed by atoms with Gasteiger partial charge in [0.15, 0.2) is 0 Å². The van der Waals surface area contributed by atoms with E-state index >= 15 is 0 Å². The van der Waals surface area contributed by atoms with Crippen LogP contribution in [0.4, 0.5) is 10.2 Å². The lowest BCUT2D eigenvalue weighted by Gasteiger charge is -2.03. The number of anilines is 1. The number of nitrogens with two attached hydrogens (primary N) is 1. The number of aromatic nitrogens is 1. The topological polar surface area (TPSA) is 65.2 Å². The second-order valence-electron chi connectivity index (χ2n) is 2.54. The van der Waals surface area contributed by atoms with Gasteiger partial charge in [-0.3, -0.25) is 4.79 Å². The molecule has 90 valence electrons. The predicted molar refractivity (Wildman–Crippen MR) is 63.4 cm³/mol. The Kier molecular flexibility index (Phi) is 6.64. The van der Waals surface area contributed by atoms with Crippen LogP contribution in [0, 0.1) is 5.82 Å². The smallest absolute Gasteiger partial charge is 0.311 e. The van der Waals surface area contributed by atoms with E-state index in [2.05, 4.69) is 25.7 Å². The molecule has 0 fully saturated rings. The minimum absolute atomic E-state index is 0.0162. The Bertz CT molecular complexity index is 372. The molecule has 0 aliphatic carbocycles. The number of nitrogens with zero attached hydrogens (tertiary/aromatic N) is 1. The average molecular weight is 293 g/mol. The zero-order valence-electron chi connectivity index (χ0n) is 9.38. The van der Waals surface area contributed by atoms with Crippen molar-refractivity contribution < 1.29 is 13.9 Å². The summed E-state index contributed by atoms with van der Waals surface area (Å²) >= 11 is 3.02. The molecule has 0 bridgehead atoms. The monoisotopic (exact) mass is 292 g/mol. The maximum atomic E-state index is 13.2. The molecule has 16 heavy (non-hydrogen) atoms. The van der Waals surface area contributed by atoms with Crippen LogP contribution in [0.5, 0.6) is 0 Å². The van der Waals surface area contributed by atoms with Crippen molar-refractivity contribution in [2.45, 2.75) is 20.3 Å². The Morgan fingerprint density at radius 2 is 2.19 bits per heavy atom. The first kappa shape index (κ1) is 14.8. The number of hydrogen-bond donors (Lipinski definition) is 1. The van der Waals surface area contributed by atoms with Gasteiger partial charge in [-0.15, -0.1) is 0 Å². The molecule has 0 unspecified atom stereocenters. The van der Waals surface area contributed by atoms with Gasteiger partial charge in [-0.25, -0.2) is 9.37 Å². The van der Waals surface area contributed by atoms with Crippen LogP contribution in [-0.2, 0) is 16.0 Å². The highest BCUT2D eigenvalue weighted by molar-refractivity contribution is 9.10. The van der Waals surface area contributed by atoms with Gasteiger partial charge in [0.1, 0.15) is 11.6 Å². The molecule has 0 aliphatic heterocycles. The fraction of sp³-hybridized carbons (Fsp3) is 0.400. The molecule has 0 aromatic carbocycles. The number of pyridine rings is 1. The van der Waals surface area contributed by atoms with E-state index in [0.717, 1.165) is 0 Å². The highest BCUT2D eigenvalue weighted by Gasteiger charge is 2.12. The number of methoxy groups -OCH3 is 1. The van der Waals surface area contributed by atoms with Gasteiger partial charge in [0.2, 0.25) is 0 Å². The summed E-state index contributed by atoms with van der Waals surface area (Å²) in [6.45, 7) is 4.00. The average Bonchev–Trinajstić information content (AvgIpc) is 2.28. The Labute approximate surface area is 102 Å². The van der Waals surface area contributed by atoms with Gasteiger partial charge >= 0.3 is 5.97 Å². The van der Waals surface area contributed by atoms with Gasteiger partial charge in [-0.2, -0.15) is 0 Å². The number of hydrogen-bond acceptors (Lipinski definition) is 4. The number of carbonyl (C=O) groups excluding carboxylic acids is 1. The van der Waals surface area contributed by atoms with Crippen LogP contribution in [0.1, 0.15) is 19.5 Å². The second kappa shape index (κ2) is 7.16. The van der Waals surface area contributed by atoms with Crippen LogP contribution in [0.3, 0.4) is 0 Å². The minimum Gasteiger partial charge on any atom is -0.469 e. The molecular formula is C10H14BrFN2O2. The molecule has 2 N–H and O–H groups in total. The fourth-order valence-electron chi connectivity index (χ4n) is 0.854. The van der Waals surface area contributed by atoms with Crippen molar-refractivity contribution in [3.05, 3.63) is 22.1 Å². The first-order chi connectivity index (χ1) is 7.54. The Hall–Kier alpha value is -1.17. The second-order valence-corrected chi connectivity index (χ2v) is 3.39. The molecule has 0 atom stereocenters. The van der Waals surface area contributed by atoms with Crippen molar-refractivity contribution in [3.63, 3.8) is 0 Å². The van der Waals surface area contributed by atoms with E-state index in [-0.39, 0.29) is 17.9 Å². The number of halogens is 2. The maximum Gasteiger partial charge on any atom is 0.311 e. The molecule has 4 nitrogen and oxygen atoms in total. The maximum absolute atomic E-state index is 13.2. The standard InChI is InChI=1S/C8H8BrFN2O2.C2H6/c1-14-7(13)3-6-5(10)2-4(9)8(11)12-6;1-2/h2H,3H2,1H3,(H2,11,12);1-2H3. The molecule has 0 amide bonds. The van der Waals surface area contributed by atoms with Gasteiger partial charge in [0.25, 0.3) is 0 Å². The van der Waals surface area contributed by atoms with Gasteiger partial charge in [0.05, 0.1) is 23.7 Å². The number of ether oxygens (including phenoxy) is 1. The van der Waals surface area contributed by atoms with Crippen LogP contribution in [-0.4, -0.2) is 18.1 Å². The third kappa shape index (κ3) is 4.14. The van der Waals surface area contributed by atoms with Crippen molar-refractivity contribution >= 4 is 27.7 Å². The van der Waals surface area contributed by atoms with Gasteiger partial charge in [0, 0.05) is 0 Å². The Morgan fingerprint density at radius 3 is 2.69 bits per heavy atom. The van der Waals surface area contributed by atoms with Crippen molar-refractivity contribution in [1.29, 1.82) is 0 Å². The van der Waals surface area contributed by atoms with E-state index in [1.807, 2.05) is 13.8 Å². The van der Waals surface area contributed by atoms with Crippen molar-refractivity contribution in [2.75, 3.05) is 12.8 Å². The molecule has 0 saturated carbocycles. The van der Waals surface area contributed by atoms with Crippen molar-refractivity contribution in [3.8, 4) is 0 Å². The van der Waals surface area contributed by atoms with Crippen LogP contribution in [0.25, 0.3) is 0 Å².